The lowest BCUT2D eigenvalue weighted by Crippen LogP contribution is -2.26. The van der Waals surface area contributed by atoms with Crippen molar-refractivity contribution in [3.05, 3.63) is 77.0 Å². The zero-order valence-electron chi connectivity index (χ0n) is 13.8. The lowest BCUT2D eigenvalue weighted by molar-refractivity contribution is -0.116. The van der Waals surface area contributed by atoms with Crippen molar-refractivity contribution in [2.24, 2.45) is 7.05 Å². The minimum atomic E-state index is -0.762. The molecular formula is C20H19ClN2O2. The summed E-state index contributed by atoms with van der Waals surface area (Å²) in [7, 11) is 1.98. The molecule has 0 saturated carbocycles. The molecule has 5 heteroatoms. The normalized spacial score (nSPS) is 12.6. The summed E-state index contributed by atoms with van der Waals surface area (Å²) in [5, 5.41) is 14.6. The number of halogens is 1. The number of nitrogens with one attached hydrogen (secondary N) is 1. The smallest absolute Gasteiger partial charge is 0.244 e. The number of hydrogen-bond donors (Lipinski definition) is 2. The molecule has 2 aromatic carbocycles. The molecule has 0 fully saturated rings. The van der Waals surface area contributed by atoms with Crippen molar-refractivity contribution in [1.29, 1.82) is 0 Å². The lowest BCUT2D eigenvalue weighted by Gasteiger charge is -2.12. The number of rotatable bonds is 5. The van der Waals surface area contributed by atoms with Gasteiger partial charge >= 0.3 is 0 Å². The van der Waals surface area contributed by atoms with Crippen molar-refractivity contribution in [3.8, 4) is 0 Å². The molecule has 25 heavy (non-hydrogen) atoms. The highest BCUT2D eigenvalue weighted by Gasteiger charge is 2.10. The Balaban J connectivity index is 1.60. The van der Waals surface area contributed by atoms with Crippen molar-refractivity contribution in [2.45, 2.75) is 6.10 Å². The summed E-state index contributed by atoms with van der Waals surface area (Å²) >= 11 is 6.04. The molecule has 128 valence electrons. The van der Waals surface area contributed by atoms with Crippen molar-refractivity contribution >= 4 is 34.5 Å². The van der Waals surface area contributed by atoms with Gasteiger partial charge in [0.15, 0.2) is 0 Å². The molecular weight excluding hydrogens is 336 g/mol. The number of benzene rings is 2. The Labute approximate surface area is 151 Å². The van der Waals surface area contributed by atoms with E-state index in [1.165, 1.54) is 6.08 Å². The van der Waals surface area contributed by atoms with Gasteiger partial charge in [-0.1, -0.05) is 35.9 Å². The van der Waals surface area contributed by atoms with Crippen LogP contribution in [0.1, 0.15) is 17.2 Å². The molecule has 0 aliphatic rings. The van der Waals surface area contributed by atoms with Gasteiger partial charge in [-0.3, -0.25) is 4.79 Å². The number of aliphatic hydroxyl groups excluding tert-OH is 1. The van der Waals surface area contributed by atoms with Crippen LogP contribution in [-0.2, 0) is 11.8 Å². The van der Waals surface area contributed by atoms with Gasteiger partial charge in [0, 0.05) is 36.4 Å². The number of aliphatic hydroxyl groups is 1. The zero-order chi connectivity index (χ0) is 17.8. The Hall–Kier alpha value is -2.56. The van der Waals surface area contributed by atoms with Crippen molar-refractivity contribution < 1.29 is 9.90 Å². The first-order chi connectivity index (χ1) is 12.0. The summed E-state index contributed by atoms with van der Waals surface area (Å²) < 4.78 is 2.02. The Morgan fingerprint density at radius 2 is 2.08 bits per heavy atom. The highest BCUT2D eigenvalue weighted by molar-refractivity contribution is 6.32. The van der Waals surface area contributed by atoms with Gasteiger partial charge in [-0.25, -0.2) is 0 Å². The maximum absolute atomic E-state index is 11.9. The molecule has 3 aromatic rings. The van der Waals surface area contributed by atoms with Crippen molar-refractivity contribution in [3.63, 3.8) is 0 Å². The third-order valence-electron chi connectivity index (χ3n) is 4.08. The number of nitrogens with zero attached hydrogens (tertiary/aromatic N) is 1. The standard InChI is InChI=1S/C20H19ClN2O2/c1-23-11-10-15-12-16(6-8-18(15)23)19(24)13-22-20(25)9-7-14-4-2-3-5-17(14)21/h2-12,19,24H,13H2,1H3,(H,22,25)/b9-7+. The van der Waals surface area contributed by atoms with Gasteiger partial charge in [-0.2, -0.15) is 0 Å². The number of hydrogen-bond acceptors (Lipinski definition) is 2. The maximum atomic E-state index is 11.9. The summed E-state index contributed by atoms with van der Waals surface area (Å²) in [4.78, 5) is 11.9. The predicted molar refractivity (Wildman–Crippen MR) is 101 cm³/mol. The van der Waals surface area contributed by atoms with Crippen LogP contribution in [0, 0.1) is 0 Å². The number of carbonyl (C=O) groups is 1. The Morgan fingerprint density at radius 1 is 1.28 bits per heavy atom. The van der Waals surface area contributed by atoms with Crippen LogP contribution in [-0.4, -0.2) is 22.1 Å². The Kier molecular flexibility index (Phi) is 5.22. The Morgan fingerprint density at radius 3 is 2.88 bits per heavy atom. The fraction of sp³-hybridized carbons (Fsp3) is 0.150. The van der Waals surface area contributed by atoms with E-state index in [-0.39, 0.29) is 12.5 Å². The highest BCUT2D eigenvalue weighted by Crippen LogP contribution is 2.21. The molecule has 4 nitrogen and oxygen atoms in total. The van der Waals surface area contributed by atoms with Crippen LogP contribution in [0.25, 0.3) is 17.0 Å². The van der Waals surface area contributed by atoms with Crippen LogP contribution in [0.15, 0.2) is 60.8 Å². The van der Waals surface area contributed by atoms with E-state index in [0.29, 0.717) is 5.02 Å². The number of amides is 1. The Bertz CT molecular complexity index is 930. The van der Waals surface area contributed by atoms with Crippen LogP contribution in [0.5, 0.6) is 0 Å². The molecule has 1 amide bonds. The number of fused-ring (bicyclic) bond motifs is 1. The second-order valence-electron chi connectivity index (χ2n) is 5.86. The second-order valence-corrected chi connectivity index (χ2v) is 6.27. The third kappa shape index (κ3) is 4.10. The molecule has 1 aromatic heterocycles. The summed E-state index contributed by atoms with van der Waals surface area (Å²) in [6.45, 7) is 0.143. The molecule has 0 spiro atoms. The van der Waals surface area contributed by atoms with Crippen LogP contribution in [0.3, 0.4) is 0 Å². The predicted octanol–water partition coefficient (Wildman–Crippen LogP) is 3.69. The van der Waals surface area contributed by atoms with Gasteiger partial charge < -0.3 is 15.0 Å². The summed E-state index contributed by atoms with van der Waals surface area (Å²) in [6.07, 6.45) is 4.28. The third-order valence-corrected chi connectivity index (χ3v) is 4.43. The van der Waals surface area contributed by atoms with E-state index in [0.717, 1.165) is 22.0 Å². The molecule has 0 aliphatic heterocycles. The van der Waals surface area contributed by atoms with Gasteiger partial charge in [0.05, 0.1) is 6.10 Å². The average molecular weight is 355 g/mol. The first kappa shape index (κ1) is 17.3. The fourth-order valence-corrected chi connectivity index (χ4v) is 2.86. The maximum Gasteiger partial charge on any atom is 0.244 e. The average Bonchev–Trinajstić information content (AvgIpc) is 2.99. The number of carbonyl (C=O) groups excluding carboxylic acids is 1. The molecule has 1 unspecified atom stereocenters. The van der Waals surface area contributed by atoms with Crippen LogP contribution < -0.4 is 5.32 Å². The minimum absolute atomic E-state index is 0.143. The van der Waals surface area contributed by atoms with E-state index in [1.807, 2.05) is 60.3 Å². The quantitative estimate of drug-likeness (QED) is 0.686. The first-order valence-corrected chi connectivity index (χ1v) is 8.36. The molecule has 0 bridgehead atoms. The summed E-state index contributed by atoms with van der Waals surface area (Å²) in [5.74, 6) is -0.278. The van der Waals surface area contributed by atoms with E-state index >= 15 is 0 Å². The fourth-order valence-electron chi connectivity index (χ4n) is 2.66. The number of aryl methyl sites for hydroxylation is 1. The molecule has 1 heterocycles. The van der Waals surface area contributed by atoms with Gasteiger partial charge in [0.25, 0.3) is 0 Å². The minimum Gasteiger partial charge on any atom is -0.387 e. The molecule has 0 saturated heterocycles. The summed E-state index contributed by atoms with van der Waals surface area (Å²) in [6, 6.07) is 15.1. The van der Waals surface area contributed by atoms with E-state index in [4.69, 9.17) is 11.6 Å². The molecule has 1 atom stereocenters. The van der Waals surface area contributed by atoms with Gasteiger partial charge in [-0.05, 0) is 46.9 Å². The second kappa shape index (κ2) is 7.55. The van der Waals surface area contributed by atoms with Crippen molar-refractivity contribution in [1.82, 2.24) is 9.88 Å². The molecule has 0 radical (unpaired) electrons. The SMILES string of the molecule is Cn1ccc2cc(C(O)CNC(=O)/C=C/c3ccccc3Cl)ccc21. The van der Waals surface area contributed by atoms with E-state index in [1.54, 1.807) is 12.1 Å². The van der Waals surface area contributed by atoms with E-state index in [2.05, 4.69) is 5.32 Å². The molecule has 3 rings (SSSR count). The largest absolute Gasteiger partial charge is 0.387 e. The van der Waals surface area contributed by atoms with Gasteiger partial charge in [0.2, 0.25) is 5.91 Å². The lowest BCUT2D eigenvalue weighted by atomic mass is 10.1. The first-order valence-electron chi connectivity index (χ1n) is 7.98. The molecule has 2 N–H and O–H groups in total. The van der Waals surface area contributed by atoms with Crippen molar-refractivity contribution in [2.75, 3.05) is 6.54 Å². The zero-order valence-corrected chi connectivity index (χ0v) is 14.6. The van der Waals surface area contributed by atoms with Crippen LogP contribution >= 0.6 is 11.6 Å². The van der Waals surface area contributed by atoms with E-state index in [9.17, 15) is 9.90 Å². The van der Waals surface area contributed by atoms with Crippen LogP contribution in [0.2, 0.25) is 5.02 Å². The van der Waals surface area contributed by atoms with E-state index < -0.39 is 6.10 Å². The van der Waals surface area contributed by atoms with Crippen LogP contribution in [0.4, 0.5) is 0 Å². The highest BCUT2D eigenvalue weighted by atomic mass is 35.5. The summed E-state index contributed by atoms with van der Waals surface area (Å²) in [5.41, 5.74) is 2.64. The van der Waals surface area contributed by atoms with Gasteiger partial charge in [-0.15, -0.1) is 0 Å². The monoisotopic (exact) mass is 354 g/mol. The number of aromatic nitrogens is 1. The topological polar surface area (TPSA) is 54.3 Å². The molecule has 0 aliphatic carbocycles. The van der Waals surface area contributed by atoms with Gasteiger partial charge in [0.1, 0.15) is 0 Å².